The van der Waals surface area contributed by atoms with Crippen molar-refractivity contribution in [3.8, 4) is 5.75 Å². The van der Waals surface area contributed by atoms with Crippen LogP contribution in [-0.4, -0.2) is 31.2 Å². The third-order valence-electron chi connectivity index (χ3n) is 2.21. The fraction of sp³-hybridized carbons (Fsp3) is 0.417. The molecule has 3 nitrogen and oxygen atoms in total. The van der Waals surface area contributed by atoms with Gasteiger partial charge >= 0.3 is 0 Å². The van der Waals surface area contributed by atoms with E-state index >= 15 is 0 Å². The second-order valence-corrected chi connectivity index (χ2v) is 5.10. The summed E-state index contributed by atoms with van der Waals surface area (Å²) >= 11 is 7.21. The van der Waals surface area contributed by atoms with Crippen molar-refractivity contribution in [3.63, 3.8) is 0 Å². The van der Waals surface area contributed by atoms with E-state index in [9.17, 15) is 9.18 Å². The van der Waals surface area contributed by atoms with Crippen molar-refractivity contribution in [2.24, 2.45) is 0 Å². The number of carbonyl (C=O) groups excluding carboxylic acids is 1. The number of rotatable bonds is 6. The Hall–Kier alpha value is -0.940. The number of amides is 1. The van der Waals surface area contributed by atoms with E-state index in [0.29, 0.717) is 22.2 Å². The van der Waals surface area contributed by atoms with Crippen LogP contribution >= 0.6 is 23.4 Å². The number of halogens is 2. The van der Waals surface area contributed by atoms with Gasteiger partial charge in [0.15, 0.2) is 0 Å². The molecule has 0 aliphatic heterocycles. The third kappa shape index (κ3) is 4.38. The lowest BCUT2D eigenvalue weighted by atomic mass is 10.2. The van der Waals surface area contributed by atoms with E-state index in [1.807, 2.05) is 6.92 Å². The molecule has 0 saturated heterocycles. The first kappa shape index (κ1) is 15.1. The predicted molar refractivity (Wildman–Crippen MR) is 74.7 cm³/mol. The zero-order chi connectivity index (χ0) is 13.5. The number of methoxy groups -OCH3 is 1. The average Bonchev–Trinajstić information content (AvgIpc) is 2.34. The van der Waals surface area contributed by atoms with Crippen molar-refractivity contribution in [1.82, 2.24) is 0 Å². The van der Waals surface area contributed by atoms with Crippen molar-refractivity contribution >= 4 is 35.0 Å². The van der Waals surface area contributed by atoms with Crippen molar-refractivity contribution < 1.29 is 13.9 Å². The van der Waals surface area contributed by atoms with Gasteiger partial charge in [-0.3, -0.25) is 9.18 Å². The fourth-order valence-electron chi connectivity index (χ4n) is 1.34. The molecule has 100 valence electrons. The van der Waals surface area contributed by atoms with Gasteiger partial charge < -0.3 is 10.1 Å². The molecule has 0 heterocycles. The highest BCUT2D eigenvalue weighted by Crippen LogP contribution is 2.30. The molecule has 1 aromatic rings. The molecule has 0 fully saturated rings. The number of alkyl halides is 1. The van der Waals surface area contributed by atoms with Crippen LogP contribution in [-0.2, 0) is 4.79 Å². The van der Waals surface area contributed by atoms with Gasteiger partial charge in [-0.05, 0) is 18.6 Å². The summed E-state index contributed by atoms with van der Waals surface area (Å²) in [6.45, 7) is 1.41. The molecule has 18 heavy (non-hydrogen) atoms. The van der Waals surface area contributed by atoms with Crippen LogP contribution in [0.5, 0.6) is 5.75 Å². The number of carbonyl (C=O) groups is 1. The molecule has 6 heteroatoms. The molecule has 0 saturated carbocycles. The minimum absolute atomic E-state index is 0.187. The van der Waals surface area contributed by atoms with Crippen LogP contribution in [0, 0.1) is 6.92 Å². The van der Waals surface area contributed by atoms with Crippen molar-refractivity contribution in [3.05, 3.63) is 22.7 Å². The molecule has 1 amide bonds. The zero-order valence-electron chi connectivity index (χ0n) is 10.3. The summed E-state index contributed by atoms with van der Waals surface area (Å²) in [5, 5.41) is 3.30. The highest BCUT2D eigenvalue weighted by atomic mass is 35.5. The summed E-state index contributed by atoms with van der Waals surface area (Å²) < 4.78 is 17.0. The Bertz CT molecular complexity index is 429. The van der Waals surface area contributed by atoms with Crippen LogP contribution in [0.15, 0.2) is 12.1 Å². The van der Waals surface area contributed by atoms with E-state index < -0.39 is 6.67 Å². The number of aryl methyl sites for hydroxylation is 1. The number of hydrogen-bond donors (Lipinski definition) is 1. The number of ether oxygens (including phenoxy) is 1. The number of nitrogens with one attached hydrogen (secondary N) is 1. The first-order valence-electron chi connectivity index (χ1n) is 5.36. The highest BCUT2D eigenvalue weighted by Gasteiger charge is 2.10. The van der Waals surface area contributed by atoms with E-state index in [1.165, 1.54) is 18.9 Å². The van der Waals surface area contributed by atoms with Gasteiger partial charge in [-0.2, -0.15) is 0 Å². The Balaban J connectivity index is 2.71. The molecule has 0 spiro atoms. The maximum absolute atomic E-state index is 11.9. The first-order valence-corrected chi connectivity index (χ1v) is 6.89. The third-order valence-corrected chi connectivity index (χ3v) is 3.53. The highest BCUT2D eigenvalue weighted by molar-refractivity contribution is 7.99. The number of benzene rings is 1. The molecule has 0 aromatic heterocycles. The number of anilines is 1. The number of hydrogen-bond acceptors (Lipinski definition) is 3. The number of thioether (sulfide) groups is 1. The van der Waals surface area contributed by atoms with E-state index in [4.69, 9.17) is 16.3 Å². The standard InChI is InChI=1S/C12H15ClFNO2S/c1-8-5-10(11(17-2)6-9(8)13)15-12(16)7-18-4-3-14/h5-6H,3-4,7H2,1-2H3,(H,15,16). The molecule has 0 radical (unpaired) electrons. The van der Waals surface area contributed by atoms with E-state index in [0.717, 1.165) is 5.56 Å². The van der Waals surface area contributed by atoms with Crippen molar-refractivity contribution in [2.45, 2.75) is 6.92 Å². The van der Waals surface area contributed by atoms with E-state index in [-0.39, 0.29) is 11.7 Å². The normalized spacial score (nSPS) is 10.2. The summed E-state index contributed by atoms with van der Waals surface area (Å²) in [7, 11) is 1.51. The van der Waals surface area contributed by atoms with Crippen molar-refractivity contribution in [1.29, 1.82) is 0 Å². The first-order chi connectivity index (χ1) is 8.58. The van der Waals surface area contributed by atoms with Crippen molar-refractivity contribution in [2.75, 3.05) is 30.6 Å². The maximum atomic E-state index is 11.9. The largest absolute Gasteiger partial charge is 0.495 e. The molecule has 0 unspecified atom stereocenters. The van der Waals surface area contributed by atoms with Crippen LogP contribution in [0.2, 0.25) is 5.02 Å². The van der Waals surface area contributed by atoms with Crippen LogP contribution in [0.25, 0.3) is 0 Å². The Labute approximate surface area is 115 Å². The minimum atomic E-state index is -0.429. The average molecular weight is 292 g/mol. The lowest BCUT2D eigenvalue weighted by Crippen LogP contribution is -2.15. The summed E-state index contributed by atoms with van der Waals surface area (Å²) in [6, 6.07) is 3.40. The lowest BCUT2D eigenvalue weighted by Gasteiger charge is -2.12. The Morgan fingerprint density at radius 1 is 1.56 bits per heavy atom. The van der Waals surface area contributed by atoms with Crippen LogP contribution in [0.1, 0.15) is 5.56 Å². The molecular weight excluding hydrogens is 277 g/mol. The molecule has 0 bridgehead atoms. The Kier molecular flexibility index (Phi) is 6.29. The topological polar surface area (TPSA) is 38.3 Å². The summed E-state index contributed by atoms with van der Waals surface area (Å²) in [6.07, 6.45) is 0. The van der Waals surface area contributed by atoms with Gasteiger partial charge in [0, 0.05) is 16.8 Å². The van der Waals surface area contributed by atoms with Crippen LogP contribution < -0.4 is 10.1 Å². The summed E-state index contributed by atoms with van der Waals surface area (Å²) in [4.78, 5) is 11.6. The quantitative estimate of drug-likeness (QED) is 0.817. The molecule has 0 aliphatic carbocycles. The molecular formula is C12H15ClFNO2S. The van der Waals surface area contributed by atoms with E-state index in [2.05, 4.69) is 5.32 Å². The SMILES string of the molecule is COc1cc(Cl)c(C)cc1NC(=O)CSCCF. The molecule has 1 rings (SSSR count). The Morgan fingerprint density at radius 2 is 2.28 bits per heavy atom. The van der Waals surface area contributed by atoms with E-state index in [1.54, 1.807) is 12.1 Å². The van der Waals surface area contributed by atoms with Gasteiger partial charge in [-0.25, -0.2) is 0 Å². The summed E-state index contributed by atoms with van der Waals surface area (Å²) in [5.41, 5.74) is 1.43. The maximum Gasteiger partial charge on any atom is 0.234 e. The van der Waals surface area contributed by atoms with Gasteiger partial charge in [0.25, 0.3) is 0 Å². The van der Waals surface area contributed by atoms with Gasteiger partial charge in [0.2, 0.25) is 5.91 Å². The smallest absolute Gasteiger partial charge is 0.234 e. The second kappa shape index (κ2) is 7.48. The van der Waals surface area contributed by atoms with Gasteiger partial charge in [-0.1, -0.05) is 11.6 Å². The minimum Gasteiger partial charge on any atom is -0.495 e. The molecule has 1 N–H and O–H groups in total. The van der Waals surface area contributed by atoms with Gasteiger partial charge in [0.05, 0.1) is 25.2 Å². The fourth-order valence-corrected chi connectivity index (χ4v) is 2.00. The monoisotopic (exact) mass is 291 g/mol. The van der Waals surface area contributed by atoms with Crippen LogP contribution in [0.3, 0.4) is 0 Å². The predicted octanol–water partition coefficient (Wildman–Crippen LogP) is 3.30. The molecule has 1 aromatic carbocycles. The molecule has 0 atom stereocenters. The van der Waals surface area contributed by atoms with Crippen LogP contribution in [0.4, 0.5) is 10.1 Å². The summed E-state index contributed by atoms with van der Waals surface area (Å²) in [5.74, 6) is 0.863. The Morgan fingerprint density at radius 3 is 2.89 bits per heavy atom. The second-order valence-electron chi connectivity index (χ2n) is 3.59. The van der Waals surface area contributed by atoms with Gasteiger partial charge in [-0.15, -0.1) is 11.8 Å². The zero-order valence-corrected chi connectivity index (χ0v) is 11.8. The molecule has 0 aliphatic rings. The van der Waals surface area contributed by atoms with Gasteiger partial charge in [0.1, 0.15) is 5.75 Å². The lowest BCUT2D eigenvalue weighted by molar-refractivity contribution is -0.113.